The molecule has 0 aliphatic rings. The lowest BCUT2D eigenvalue weighted by Crippen LogP contribution is -2.13. The molecule has 1 aromatic heterocycles. The van der Waals surface area contributed by atoms with Crippen LogP contribution in [0.4, 0.5) is 5.69 Å². The molecule has 0 saturated carbocycles. The van der Waals surface area contributed by atoms with Crippen molar-refractivity contribution in [3.05, 3.63) is 30.6 Å². The number of carbonyl (C=O) groups excluding carboxylic acids is 1. The summed E-state index contributed by atoms with van der Waals surface area (Å²) in [6.07, 6.45) is 4.47. The number of amides is 1. The van der Waals surface area contributed by atoms with E-state index < -0.39 is 0 Å². The van der Waals surface area contributed by atoms with Crippen molar-refractivity contribution < 1.29 is 4.79 Å². The summed E-state index contributed by atoms with van der Waals surface area (Å²) in [5.41, 5.74) is 1.46. The van der Waals surface area contributed by atoms with Crippen LogP contribution in [0, 0.1) is 6.33 Å². The quantitative estimate of drug-likeness (QED) is 0.865. The number of carbonyl (C=O) groups is 1. The molecule has 7 heteroatoms. The summed E-state index contributed by atoms with van der Waals surface area (Å²) in [4.78, 5) is 11.4. The first-order valence-electron chi connectivity index (χ1n) is 4.85. The monoisotopic (exact) mass is 248 g/mol. The van der Waals surface area contributed by atoms with E-state index in [2.05, 4.69) is 27.2 Å². The average molecular weight is 248 g/mol. The molecule has 1 radical (unpaired) electrons. The number of nitrogens with one attached hydrogen (secondary N) is 1. The van der Waals surface area contributed by atoms with Crippen LogP contribution >= 0.6 is 11.8 Å². The Kier molecular flexibility index (Phi) is 3.71. The number of nitrogens with zero attached hydrogens (tertiary/aromatic N) is 4. The molecule has 1 amide bonds. The normalized spacial score (nSPS) is 10.2. The zero-order valence-electron chi connectivity index (χ0n) is 9.12. The molecule has 2 rings (SSSR count). The van der Waals surface area contributed by atoms with Crippen molar-refractivity contribution in [1.82, 2.24) is 20.2 Å². The van der Waals surface area contributed by atoms with Crippen LogP contribution in [-0.2, 0) is 4.79 Å². The lowest BCUT2D eigenvalue weighted by Gasteiger charge is -2.05. The van der Waals surface area contributed by atoms with E-state index in [0.29, 0.717) is 11.4 Å². The minimum Gasteiger partial charge on any atom is -0.325 e. The van der Waals surface area contributed by atoms with Crippen LogP contribution in [0.25, 0.3) is 5.69 Å². The molecule has 0 unspecified atom stereocenters. The van der Waals surface area contributed by atoms with Crippen molar-refractivity contribution in [3.8, 4) is 5.69 Å². The fraction of sp³-hybridized carbons (Fsp3) is 0.200. The van der Waals surface area contributed by atoms with Crippen molar-refractivity contribution in [2.75, 3.05) is 17.3 Å². The molecule has 0 fully saturated rings. The first-order valence-corrected chi connectivity index (χ1v) is 6.24. The van der Waals surface area contributed by atoms with E-state index in [-0.39, 0.29) is 5.91 Å². The van der Waals surface area contributed by atoms with Crippen molar-refractivity contribution in [3.63, 3.8) is 0 Å². The van der Waals surface area contributed by atoms with Crippen LogP contribution in [0.5, 0.6) is 0 Å². The van der Waals surface area contributed by atoms with Gasteiger partial charge in [0.1, 0.15) is 0 Å². The van der Waals surface area contributed by atoms with E-state index in [1.807, 2.05) is 24.5 Å². The highest BCUT2D eigenvalue weighted by Crippen LogP contribution is 2.13. The smallest absolute Gasteiger partial charge is 0.234 e. The SMILES string of the molecule is CSCC(=O)Nc1cccc(-n2[c]nnn2)c1. The summed E-state index contributed by atoms with van der Waals surface area (Å²) in [6, 6.07) is 7.24. The first-order chi connectivity index (χ1) is 8.29. The summed E-state index contributed by atoms with van der Waals surface area (Å²) in [5.74, 6) is 0.400. The van der Waals surface area contributed by atoms with Crippen molar-refractivity contribution in [2.45, 2.75) is 0 Å². The number of thioether (sulfide) groups is 1. The Bertz CT molecular complexity index is 499. The third-order valence-electron chi connectivity index (χ3n) is 1.96. The number of aromatic nitrogens is 4. The number of anilines is 1. The Morgan fingerprint density at radius 2 is 2.47 bits per heavy atom. The second kappa shape index (κ2) is 5.44. The molecule has 0 saturated heterocycles. The van der Waals surface area contributed by atoms with Gasteiger partial charge in [0.2, 0.25) is 12.2 Å². The summed E-state index contributed by atoms with van der Waals surface area (Å²) in [7, 11) is 0. The first kappa shape index (κ1) is 11.6. The molecule has 87 valence electrons. The van der Waals surface area contributed by atoms with Gasteiger partial charge in [0.15, 0.2) is 0 Å². The van der Waals surface area contributed by atoms with Gasteiger partial charge in [-0.15, -0.1) is 5.10 Å². The lowest BCUT2D eigenvalue weighted by atomic mass is 10.3. The summed E-state index contributed by atoms with van der Waals surface area (Å²) in [5, 5.41) is 13.5. The van der Waals surface area contributed by atoms with Crippen LogP contribution < -0.4 is 5.32 Å². The minimum absolute atomic E-state index is 0.0321. The topological polar surface area (TPSA) is 72.7 Å². The van der Waals surface area contributed by atoms with E-state index in [1.54, 1.807) is 6.07 Å². The Labute approximate surface area is 102 Å². The Morgan fingerprint density at radius 3 is 3.18 bits per heavy atom. The predicted molar refractivity (Wildman–Crippen MR) is 65.0 cm³/mol. The Balaban J connectivity index is 2.15. The van der Waals surface area contributed by atoms with Crippen molar-refractivity contribution in [1.29, 1.82) is 0 Å². The van der Waals surface area contributed by atoms with Gasteiger partial charge in [-0.05, 0) is 34.9 Å². The lowest BCUT2D eigenvalue weighted by molar-refractivity contribution is -0.113. The maximum Gasteiger partial charge on any atom is 0.234 e. The second-order valence-electron chi connectivity index (χ2n) is 3.22. The third kappa shape index (κ3) is 3.04. The molecule has 0 atom stereocenters. The van der Waals surface area contributed by atoms with Crippen LogP contribution in [-0.4, -0.2) is 38.1 Å². The standard InChI is InChI=1S/C10H10N5OS/c1-17-6-10(16)12-8-3-2-4-9(5-8)15-7-11-13-14-15/h2-5H,6H2,1H3,(H,12,16). The van der Waals surface area contributed by atoms with E-state index >= 15 is 0 Å². The summed E-state index contributed by atoms with van der Waals surface area (Å²) < 4.78 is 1.41. The molecule has 0 aliphatic carbocycles. The summed E-state index contributed by atoms with van der Waals surface area (Å²) >= 11 is 1.48. The molecular weight excluding hydrogens is 238 g/mol. The third-order valence-corrected chi connectivity index (χ3v) is 2.51. The molecule has 2 aromatic rings. The number of hydrogen-bond acceptors (Lipinski definition) is 5. The molecule has 1 heterocycles. The number of tetrazole rings is 1. The van der Waals surface area contributed by atoms with Crippen molar-refractivity contribution >= 4 is 23.4 Å². The van der Waals surface area contributed by atoms with Gasteiger partial charge in [0, 0.05) is 5.69 Å². The Hall–Kier alpha value is -1.89. The molecule has 6 nitrogen and oxygen atoms in total. The molecule has 17 heavy (non-hydrogen) atoms. The van der Waals surface area contributed by atoms with Gasteiger partial charge >= 0.3 is 0 Å². The zero-order valence-corrected chi connectivity index (χ0v) is 9.94. The molecule has 0 aliphatic heterocycles. The van der Waals surface area contributed by atoms with E-state index in [4.69, 9.17) is 0 Å². The van der Waals surface area contributed by atoms with Gasteiger partial charge in [0.25, 0.3) is 0 Å². The zero-order chi connectivity index (χ0) is 12.1. The highest BCUT2D eigenvalue weighted by molar-refractivity contribution is 7.99. The van der Waals surface area contributed by atoms with Crippen molar-refractivity contribution in [2.24, 2.45) is 0 Å². The van der Waals surface area contributed by atoms with Crippen LogP contribution in [0.15, 0.2) is 24.3 Å². The van der Waals surface area contributed by atoms with Gasteiger partial charge in [-0.3, -0.25) is 4.79 Å². The average Bonchev–Trinajstić information content (AvgIpc) is 2.83. The largest absolute Gasteiger partial charge is 0.325 e. The maximum atomic E-state index is 11.4. The molecule has 0 bridgehead atoms. The predicted octanol–water partition coefficient (Wildman–Crippen LogP) is 0.764. The highest BCUT2D eigenvalue weighted by atomic mass is 32.2. The fourth-order valence-electron chi connectivity index (χ4n) is 1.30. The van der Waals surface area contributed by atoms with Crippen LogP contribution in [0.2, 0.25) is 0 Å². The van der Waals surface area contributed by atoms with Crippen LogP contribution in [0.3, 0.4) is 0 Å². The minimum atomic E-state index is -0.0321. The molecular formula is C10H10N5OS. The Morgan fingerprint density at radius 1 is 1.59 bits per heavy atom. The van der Waals surface area contributed by atoms with Gasteiger partial charge in [-0.1, -0.05) is 6.07 Å². The van der Waals surface area contributed by atoms with Gasteiger partial charge in [-0.25, -0.2) is 0 Å². The van der Waals surface area contributed by atoms with Gasteiger partial charge < -0.3 is 5.32 Å². The fourth-order valence-corrected chi connectivity index (χ4v) is 1.63. The van der Waals surface area contributed by atoms with E-state index in [9.17, 15) is 4.79 Å². The van der Waals surface area contributed by atoms with Gasteiger partial charge in [0.05, 0.1) is 11.4 Å². The summed E-state index contributed by atoms with van der Waals surface area (Å²) in [6.45, 7) is 0. The molecule has 0 spiro atoms. The number of rotatable bonds is 4. The van der Waals surface area contributed by atoms with E-state index in [0.717, 1.165) is 5.69 Å². The second-order valence-corrected chi connectivity index (χ2v) is 4.09. The maximum absolute atomic E-state index is 11.4. The van der Waals surface area contributed by atoms with Crippen LogP contribution in [0.1, 0.15) is 0 Å². The van der Waals surface area contributed by atoms with E-state index in [1.165, 1.54) is 16.4 Å². The highest BCUT2D eigenvalue weighted by Gasteiger charge is 2.03. The number of benzene rings is 1. The number of hydrogen-bond donors (Lipinski definition) is 1. The van der Waals surface area contributed by atoms with Gasteiger partial charge in [-0.2, -0.15) is 16.4 Å². The molecule has 1 N–H and O–H groups in total. The molecule has 1 aromatic carbocycles.